The number of hydrogen-bond donors (Lipinski definition) is 1. The largest absolute Gasteiger partial charge is 0.476 e. The number of hydrogen-bond acceptors (Lipinski definition) is 5. The number of carboxylic acid groups (broad SMARTS) is 1. The van der Waals surface area contributed by atoms with Gasteiger partial charge in [0.2, 0.25) is 0 Å². The molecule has 0 saturated heterocycles. The number of carboxylic acids is 1. The van der Waals surface area contributed by atoms with E-state index in [4.69, 9.17) is 5.26 Å². The summed E-state index contributed by atoms with van der Waals surface area (Å²) in [5.41, 5.74) is 1.10. The predicted molar refractivity (Wildman–Crippen MR) is 75.5 cm³/mol. The minimum atomic E-state index is -1.07. The van der Waals surface area contributed by atoms with Gasteiger partial charge in [0.25, 0.3) is 0 Å². The molecule has 108 valence electrons. The van der Waals surface area contributed by atoms with Crippen LogP contribution in [0.5, 0.6) is 0 Å². The lowest BCUT2D eigenvalue weighted by Crippen LogP contribution is -2.41. The van der Waals surface area contributed by atoms with Crippen molar-refractivity contribution in [2.75, 3.05) is 11.4 Å². The van der Waals surface area contributed by atoms with Gasteiger partial charge in [0.1, 0.15) is 17.5 Å². The monoisotopic (exact) mass is 285 g/mol. The Morgan fingerprint density at radius 2 is 2.19 bits per heavy atom. The lowest BCUT2D eigenvalue weighted by molar-refractivity contribution is 0.0689. The summed E-state index contributed by atoms with van der Waals surface area (Å²) in [6, 6.07) is 2.00. The first-order valence-corrected chi connectivity index (χ1v) is 6.66. The molecule has 0 saturated carbocycles. The average Bonchev–Trinajstić information content (AvgIpc) is 2.99. The van der Waals surface area contributed by atoms with Gasteiger partial charge in [-0.3, -0.25) is 0 Å². The van der Waals surface area contributed by atoms with Crippen LogP contribution in [0.3, 0.4) is 0 Å². The number of rotatable bonds is 1. The van der Waals surface area contributed by atoms with Crippen molar-refractivity contribution in [1.82, 2.24) is 14.6 Å². The first-order chi connectivity index (χ1) is 9.84. The first kappa shape index (κ1) is 13.4. The summed E-state index contributed by atoms with van der Waals surface area (Å²) >= 11 is 0. The molecule has 1 aliphatic rings. The molecule has 0 spiro atoms. The highest BCUT2D eigenvalue weighted by Crippen LogP contribution is 2.35. The van der Waals surface area contributed by atoms with Crippen LogP contribution in [0.2, 0.25) is 0 Å². The van der Waals surface area contributed by atoms with Gasteiger partial charge in [-0.2, -0.15) is 14.9 Å². The lowest BCUT2D eigenvalue weighted by atomic mass is 10.1. The molecule has 0 aromatic carbocycles. The molecule has 0 fully saturated rings. The third-order valence-corrected chi connectivity index (χ3v) is 3.69. The second-order valence-corrected chi connectivity index (χ2v) is 6.05. The molecule has 2 aromatic rings. The quantitative estimate of drug-likeness (QED) is 0.852. The molecule has 0 aliphatic carbocycles. The number of nitrogens with zero attached hydrogens (tertiary/aromatic N) is 5. The zero-order chi connectivity index (χ0) is 15.4. The van der Waals surface area contributed by atoms with Crippen LogP contribution >= 0.6 is 0 Å². The maximum atomic E-state index is 11.5. The molecular formula is C14H15N5O2. The smallest absolute Gasteiger partial charge is 0.355 e. The van der Waals surface area contributed by atoms with Gasteiger partial charge >= 0.3 is 5.97 Å². The minimum absolute atomic E-state index is 0.0150. The highest BCUT2D eigenvalue weighted by atomic mass is 16.4. The van der Waals surface area contributed by atoms with E-state index < -0.39 is 5.97 Å². The minimum Gasteiger partial charge on any atom is -0.476 e. The Balaban J connectivity index is 2.40. The second kappa shape index (κ2) is 4.19. The third-order valence-electron chi connectivity index (χ3n) is 3.69. The Morgan fingerprint density at radius 3 is 2.76 bits per heavy atom. The molecular weight excluding hydrogens is 270 g/mol. The first-order valence-electron chi connectivity index (χ1n) is 6.66. The van der Waals surface area contributed by atoms with Crippen LogP contribution in [-0.2, 0) is 6.42 Å². The Bertz CT molecular complexity index is 794. The number of carbonyl (C=O) groups is 1. The summed E-state index contributed by atoms with van der Waals surface area (Å²) in [5.74, 6) is -0.346. The van der Waals surface area contributed by atoms with Crippen LogP contribution in [0.25, 0.3) is 5.65 Å². The molecule has 0 amide bonds. The molecule has 0 bridgehead atoms. The van der Waals surface area contributed by atoms with Crippen LogP contribution in [0, 0.1) is 11.3 Å². The van der Waals surface area contributed by atoms with E-state index in [1.165, 1.54) is 6.20 Å². The lowest BCUT2D eigenvalue weighted by Gasteiger charge is -2.34. The average molecular weight is 285 g/mol. The molecule has 0 atom stereocenters. The molecule has 7 heteroatoms. The van der Waals surface area contributed by atoms with Crippen LogP contribution in [-0.4, -0.2) is 37.8 Å². The highest BCUT2D eigenvalue weighted by Gasteiger charge is 2.35. The van der Waals surface area contributed by atoms with Gasteiger partial charge in [-0.05, 0) is 27.2 Å². The summed E-state index contributed by atoms with van der Waals surface area (Å²) in [6.45, 7) is 6.89. The molecule has 2 aromatic heterocycles. The van der Waals surface area contributed by atoms with Gasteiger partial charge < -0.3 is 10.0 Å². The van der Waals surface area contributed by atoms with Gasteiger partial charge in [-0.15, -0.1) is 0 Å². The van der Waals surface area contributed by atoms with Crippen molar-refractivity contribution in [3.63, 3.8) is 0 Å². The van der Waals surface area contributed by atoms with E-state index in [1.54, 1.807) is 4.52 Å². The maximum Gasteiger partial charge on any atom is 0.355 e. The van der Waals surface area contributed by atoms with Crippen molar-refractivity contribution in [3.05, 3.63) is 23.0 Å². The number of nitriles is 1. The molecule has 0 radical (unpaired) electrons. The van der Waals surface area contributed by atoms with Crippen molar-refractivity contribution in [2.24, 2.45) is 0 Å². The van der Waals surface area contributed by atoms with Crippen LogP contribution in [0.15, 0.2) is 6.20 Å². The van der Waals surface area contributed by atoms with Crippen LogP contribution in [0.1, 0.15) is 42.4 Å². The van der Waals surface area contributed by atoms with Crippen molar-refractivity contribution < 1.29 is 9.90 Å². The Morgan fingerprint density at radius 1 is 1.48 bits per heavy atom. The Kier molecular flexibility index (Phi) is 2.66. The Hall–Kier alpha value is -2.62. The van der Waals surface area contributed by atoms with Crippen molar-refractivity contribution in [1.29, 1.82) is 5.26 Å². The predicted octanol–water partition coefficient (Wildman–Crippen LogP) is 1.46. The van der Waals surface area contributed by atoms with E-state index in [1.807, 2.05) is 6.07 Å². The second-order valence-electron chi connectivity index (χ2n) is 6.05. The van der Waals surface area contributed by atoms with Crippen LogP contribution in [0.4, 0.5) is 5.82 Å². The topological polar surface area (TPSA) is 94.5 Å². The summed E-state index contributed by atoms with van der Waals surface area (Å²) in [7, 11) is 0. The summed E-state index contributed by atoms with van der Waals surface area (Å²) < 4.78 is 1.58. The van der Waals surface area contributed by atoms with E-state index in [-0.39, 0.29) is 16.8 Å². The fourth-order valence-corrected chi connectivity index (χ4v) is 2.76. The van der Waals surface area contributed by atoms with Gasteiger partial charge in [-0.1, -0.05) is 0 Å². The Labute approximate surface area is 121 Å². The van der Waals surface area contributed by atoms with Gasteiger partial charge in [0.05, 0.1) is 6.20 Å². The van der Waals surface area contributed by atoms with Gasteiger partial charge in [0, 0.05) is 17.6 Å². The highest BCUT2D eigenvalue weighted by molar-refractivity contribution is 5.90. The summed E-state index contributed by atoms with van der Waals surface area (Å²) in [5, 5.41) is 22.8. The fraction of sp³-hybridized carbons (Fsp3) is 0.429. The molecule has 21 heavy (non-hydrogen) atoms. The number of fused-ring (bicyclic) bond motifs is 3. The van der Waals surface area contributed by atoms with E-state index >= 15 is 0 Å². The van der Waals surface area contributed by atoms with Crippen molar-refractivity contribution in [2.45, 2.75) is 32.7 Å². The number of aromatic carboxylic acids is 1. The van der Waals surface area contributed by atoms with Crippen molar-refractivity contribution in [3.8, 4) is 6.07 Å². The SMILES string of the molecule is CC(C)(C)N1CCc2c(C(=O)O)nc3c(C#N)cnn3c21. The molecule has 3 heterocycles. The fourth-order valence-electron chi connectivity index (χ4n) is 2.76. The van der Waals surface area contributed by atoms with E-state index in [0.717, 1.165) is 5.82 Å². The maximum absolute atomic E-state index is 11.5. The zero-order valence-corrected chi connectivity index (χ0v) is 12.1. The number of aromatic nitrogens is 3. The normalized spacial score (nSPS) is 14.3. The van der Waals surface area contributed by atoms with E-state index in [9.17, 15) is 9.90 Å². The third kappa shape index (κ3) is 1.83. The summed E-state index contributed by atoms with van der Waals surface area (Å²) in [6.07, 6.45) is 2.03. The molecule has 0 unspecified atom stereocenters. The van der Waals surface area contributed by atoms with E-state index in [2.05, 4.69) is 35.8 Å². The standard InChI is InChI=1S/C14H15N5O2/c1-14(2,3)18-5-4-9-10(13(20)21)17-11-8(6-15)7-16-19(11)12(9)18/h7H,4-5H2,1-3H3,(H,20,21). The van der Waals surface area contributed by atoms with Gasteiger partial charge in [-0.25, -0.2) is 9.78 Å². The van der Waals surface area contributed by atoms with Crippen LogP contribution < -0.4 is 4.90 Å². The van der Waals surface area contributed by atoms with Gasteiger partial charge in [0.15, 0.2) is 11.3 Å². The molecule has 3 rings (SSSR count). The molecule has 1 N–H and O–H groups in total. The molecule has 7 nitrogen and oxygen atoms in total. The molecule has 1 aliphatic heterocycles. The number of anilines is 1. The zero-order valence-electron chi connectivity index (χ0n) is 12.1. The van der Waals surface area contributed by atoms with E-state index in [0.29, 0.717) is 24.2 Å². The summed E-state index contributed by atoms with van der Waals surface area (Å²) in [4.78, 5) is 17.7. The van der Waals surface area contributed by atoms with Crippen molar-refractivity contribution >= 4 is 17.4 Å².